The number of rotatable bonds is 8. The fourth-order valence-electron chi connectivity index (χ4n) is 5.48. The first-order chi connectivity index (χ1) is 19.4. The van der Waals surface area contributed by atoms with Crippen LogP contribution in [0, 0.1) is 6.92 Å². The van der Waals surface area contributed by atoms with Crippen LogP contribution in [0.5, 0.6) is 0 Å². The molecule has 0 radical (unpaired) electrons. The van der Waals surface area contributed by atoms with Crippen LogP contribution in [0.25, 0.3) is 22.5 Å². The Labute approximate surface area is 238 Å². The molecule has 2 aromatic heterocycles. The molecule has 3 heterocycles. The molecule has 0 bridgehead atoms. The van der Waals surface area contributed by atoms with Crippen LogP contribution in [0.15, 0.2) is 53.1 Å². The Morgan fingerprint density at radius 2 is 1.85 bits per heavy atom. The van der Waals surface area contributed by atoms with E-state index in [1.165, 1.54) is 7.11 Å². The van der Waals surface area contributed by atoms with Gasteiger partial charge >= 0.3 is 5.97 Å². The van der Waals surface area contributed by atoms with Crippen molar-refractivity contribution < 1.29 is 18.8 Å². The molecule has 4 aromatic rings. The van der Waals surface area contributed by atoms with Crippen molar-refractivity contribution in [1.82, 2.24) is 14.9 Å². The Bertz CT molecular complexity index is 1490. The largest absolute Gasteiger partial charge is 0.464 e. The topological polar surface area (TPSA) is 82.6 Å². The number of aromatic nitrogens is 3. The lowest BCUT2D eigenvalue weighted by Gasteiger charge is -2.33. The number of anilines is 1. The fraction of sp³-hybridized carbons (Fsp3) is 0.387. The minimum atomic E-state index is -0.397. The van der Waals surface area contributed by atoms with Gasteiger partial charge in [0.05, 0.1) is 30.5 Å². The molecule has 2 aromatic carbocycles. The van der Waals surface area contributed by atoms with E-state index >= 15 is 0 Å². The number of esters is 1. The second-order valence-electron chi connectivity index (χ2n) is 10.7. The second-order valence-corrected chi connectivity index (χ2v) is 11.1. The zero-order valence-corrected chi connectivity index (χ0v) is 23.8. The number of benzene rings is 2. The molecule has 0 atom stereocenters. The van der Waals surface area contributed by atoms with Gasteiger partial charge in [-0.15, -0.1) is 0 Å². The summed E-state index contributed by atoms with van der Waals surface area (Å²) < 4.78 is 18.7. The number of ether oxygens (including phenoxy) is 2. The molecule has 0 unspecified atom stereocenters. The van der Waals surface area contributed by atoms with Crippen molar-refractivity contribution in [2.45, 2.75) is 51.2 Å². The van der Waals surface area contributed by atoms with Crippen LogP contribution in [0.1, 0.15) is 59.0 Å². The van der Waals surface area contributed by atoms with Gasteiger partial charge in [-0.3, -0.25) is 4.68 Å². The number of carbonyl (C=O) groups excluding carboxylic acids is 1. The molecule has 8 nitrogen and oxygen atoms in total. The van der Waals surface area contributed by atoms with E-state index in [2.05, 4.69) is 40.3 Å². The summed E-state index contributed by atoms with van der Waals surface area (Å²) in [5.74, 6) is 0.995. The SMILES string of the molecule is COC(=O)c1cc(-c2ccc(N3CCC(OCc4c(-c5c(C)cccc5Cl)noc4C4CC4)CC3)cc2)nn1C. The van der Waals surface area contributed by atoms with E-state index in [0.717, 1.165) is 83.9 Å². The maximum atomic E-state index is 11.9. The highest BCUT2D eigenvalue weighted by molar-refractivity contribution is 6.33. The number of methoxy groups -OCH3 is 1. The lowest BCUT2D eigenvalue weighted by Crippen LogP contribution is -2.37. The number of piperidine rings is 1. The van der Waals surface area contributed by atoms with Crippen LogP contribution < -0.4 is 4.90 Å². The molecule has 1 aliphatic carbocycles. The van der Waals surface area contributed by atoms with E-state index in [1.54, 1.807) is 17.8 Å². The summed E-state index contributed by atoms with van der Waals surface area (Å²) in [7, 11) is 3.11. The van der Waals surface area contributed by atoms with Crippen LogP contribution in [-0.2, 0) is 23.1 Å². The summed E-state index contributed by atoms with van der Waals surface area (Å²) in [6.45, 7) is 4.35. The number of aryl methyl sites for hydroxylation is 2. The highest BCUT2D eigenvalue weighted by atomic mass is 35.5. The van der Waals surface area contributed by atoms with Gasteiger partial charge in [-0.1, -0.05) is 41.0 Å². The third-order valence-electron chi connectivity index (χ3n) is 7.93. The minimum absolute atomic E-state index is 0.169. The summed E-state index contributed by atoms with van der Waals surface area (Å²) in [5.41, 5.74) is 7.16. The summed E-state index contributed by atoms with van der Waals surface area (Å²) in [6, 6.07) is 16.0. The quantitative estimate of drug-likeness (QED) is 0.226. The normalized spacial score (nSPS) is 15.9. The predicted molar refractivity (Wildman–Crippen MR) is 154 cm³/mol. The van der Waals surface area contributed by atoms with Crippen molar-refractivity contribution in [3.8, 4) is 22.5 Å². The molecule has 40 heavy (non-hydrogen) atoms. The highest BCUT2D eigenvalue weighted by Gasteiger charge is 2.34. The van der Waals surface area contributed by atoms with E-state index in [0.29, 0.717) is 23.2 Å². The molecule has 1 aliphatic heterocycles. The number of hydrogen-bond acceptors (Lipinski definition) is 7. The van der Waals surface area contributed by atoms with E-state index in [4.69, 9.17) is 25.6 Å². The van der Waals surface area contributed by atoms with Crippen LogP contribution in [-0.4, -0.2) is 47.2 Å². The Balaban J connectivity index is 1.09. The van der Waals surface area contributed by atoms with Crippen LogP contribution in [0.3, 0.4) is 0 Å². The summed E-state index contributed by atoms with van der Waals surface area (Å²) >= 11 is 6.58. The molecule has 6 rings (SSSR count). The molecule has 0 amide bonds. The van der Waals surface area contributed by atoms with Crippen molar-refractivity contribution in [2.24, 2.45) is 7.05 Å². The van der Waals surface area contributed by atoms with Gasteiger partial charge in [0.15, 0.2) is 0 Å². The molecular formula is C31H33ClN4O4. The van der Waals surface area contributed by atoms with Gasteiger partial charge in [-0.25, -0.2) is 4.79 Å². The van der Waals surface area contributed by atoms with Gasteiger partial charge in [0, 0.05) is 48.4 Å². The molecule has 2 fully saturated rings. The molecule has 1 saturated heterocycles. The Morgan fingerprint density at radius 1 is 1.10 bits per heavy atom. The molecule has 0 N–H and O–H groups in total. The molecule has 2 aliphatic rings. The average Bonchev–Trinajstić information content (AvgIpc) is 3.62. The smallest absolute Gasteiger partial charge is 0.356 e. The predicted octanol–water partition coefficient (Wildman–Crippen LogP) is 6.55. The monoisotopic (exact) mass is 560 g/mol. The van der Waals surface area contributed by atoms with Crippen molar-refractivity contribution in [3.05, 3.63) is 76.1 Å². The molecule has 0 spiro atoms. The first kappa shape index (κ1) is 26.6. The Hall–Kier alpha value is -3.62. The maximum Gasteiger partial charge on any atom is 0.356 e. The number of hydrogen-bond donors (Lipinski definition) is 0. The van der Waals surface area contributed by atoms with Gasteiger partial charge in [0.1, 0.15) is 17.1 Å². The van der Waals surface area contributed by atoms with Crippen molar-refractivity contribution in [2.75, 3.05) is 25.1 Å². The Kier molecular flexibility index (Phi) is 7.38. The van der Waals surface area contributed by atoms with Gasteiger partial charge in [0.2, 0.25) is 0 Å². The fourth-order valence-corrected chi connectivity index (χ4v) is 5.80. The minimum Gasteiger partial charge on any atom is -0.464 e. The van der Waals surface area contributed by atoms with Crippen molar-refractivity contribution >= 4 is 23.3 Å². The van der Waals surface area contributed by atoms with Crippen LogP contribution >= 0.6 is 11.6 Å². The van der Waals surface area contributed by atoms with E-state index < -0.39 is 5.97 Å². The van der Waals surface area contributed by atoms with Crippen molar-refractivity contribution in [1.29, 1.82) is 0 Å². The van der Waals surface area contributed by atoms with Crippen LogP contribution in [0.2, 0.25) is 5.02 Å². The standard InChI is InChI=1S/C31H33ClN4O4/c1-19-5-4-6-25(32)28(19)29-24(30(40-34-29)21-7-8-21)18-39-23-13-15-36(16-14-23)22-11-9-20(10-12-22)26-17-27(31(37)38-3)35(2)33-26/h4-6,9-12,17,21,23H,7-8,13-16,18H2,1-3H3. The summed E-state index contributed by atoms with van der Waals surface area (Å²) in [4.78, 5) is 14.3. The average molecular weight is 561 g/mol. The first-order valence-electron chi connectivity index (χ1n) is 13.8. The lowest BCUT2D eigenvalue weighted by atomic mass is 10.0. The van der Waals surface area contributed by atoms with Gasteiger partial charge < -0.3 is 18.9 Å². The molecule has 208 valence electrons. The Morgan fingerprint density at radius 3 is 2.52 bits per heavy atom. The number of halogens is 1. The zero-order valence-electron chi connectivity index (χ0n) is 23.0. The summed E-state index contributed by atoms with van der Waals surface area (Å²) in [5, 5.41) is 9.61. The highest BCUT2D eigenvalue weighted by Crippen LogP contribution is 2.45. The van der Waals surface area contributed by atoms with Gasteiger partial charge in [-0.05, 0) is 62.4 Å². The molecule has 1 saturated carbocycles. The third kappa shape index (κ3) is 5.25. The lowest BCUT2D eigenvalue weighted by molar-refractivity contribution is 0.0246. The zero-order chi connectivity index (χ0) is 27.8. The number of nitrogens with zero attached hydrogens (tertiary/aromatic N) is 4. The van der Waals surface area contributed by atoms with Gasteiger partial charge in [0.25, 0.3) is 0 Å². The van der Waals surface area contributed by atoms with Gasteiger partial charge in [-0.2, -0.15) is 5.10 Å². The van der Waals surface area contributed by atoms with Crippen molar-refractivity contribution in [3.63, 3.8) is 0 Å². The van der Waals surface area contributed by atoms with E-state index in [1.807, 2.05) is 24.3 Å². The van der Waals surface area contributed by atoms with E-state index in [-0.39, 0.29) is 6.10 Å². The molecule has 9 heteroatoms. The first-order valence-corrected chi connectivity index (χ1v) is 14.1. The van der Waals surface area contributed by atoms with E-state index in [9.17, 15) is 4.79 Å². The molecular weight excluding hydrogens is 528 g/mol. The van der Waals surface area contributed by atoms with Crippen LogP contribution in [0.4, 0.5) is 5.69 Å². The third-order valence-corrected chi connectivity index (χ3v) is 8.25. The summed E-state index contributed by atoms with van der Waals surface area (Å²) in [6.07, 6.45) is 4.31. The maximum absolute atomic E-state index is 11.9. The second kappa shape index (κ2) is 11.1. The number of carbonyl (C=O) groups is 1.